The van der Waals surface area contributed by atoms with E-state index in [9.17, 15) is 4.79 Å². The third-order valence-corrected chi connectivity index (χ3v) is 3.51. The Bertz CT molecular complexity index is 798. The normalized spacial score (nSPS) is 10.3. The van der Waals surface area contributed by atoms with E-state index >= 15 is 0 Å². The molecule has 0 aliphatic heterocycles. The summed E-state index contributed by atoms with van der Waals surface area (Å²) in [5, 5.41) is 0. The molecule has 0 unspecified atom stereocenters. The summed E-state index contributed by atoms with van der Waals surface area (Å²) >= 11 is 0. The number of anilines is 1. The number of ketones is 1. The Balaban J connectivity index is 1.75. The Labute approximate surface area is 135 Å². The van der Waals surface area contributed by atoms with Gasteiger partial charge in [0.25, 0.3) is 0 Å². The van der Waals surface area contributed by atoms with Crippen LogP contribution >= 0.6 is 0 Å². The number of rotatable bonds is 5. The lowest BCUT2D eigenvalue weighted by Crippen LogP contribution is -2.04. The van der Waals surface area contributed by atoms with Crippen molar-refractivity contribution < 1.29 is 9.53 Å². The van der Waals surface area contributed by atoms with Crippen LogP contribution in [0.25, 0.3) is 0 Å². The van der Waals surface area contributed by atoms with Crippen LogP contribution in [0.4, 0.5) is 5.69 Å². The smallest absolute Gasteiger partial charge is 0.167 e. The average molecular weight is 303 g/mol. The van der Waals surface area contributed by atoms with E-state index in [-0.39, 0.29) is 5.78 Å². The van der Waals surface area contributed by atoms with Crippen LogP contribution in [0.1, 0.15) is 15.9 Å². The van der Waals surface area contributed by atoms with Crippen LogP contribution in [0.15, 0.2) is 78.9 Å². The molecule has 23 heavy (non-hydrogen) atoms. The van der Waals surface area contributed by atoms with Crippen molar-refractivity contribution >= 4 is 11.5 Å². The molecule has 0 fully saturated rings. The van der Waals surface area contributed by atoms with Gasteiger partial charge < -0.3 is 10.5 Å². The lowest BCUT2D eigenvalue weighted by atomic mass is 10.0. The van der Waals surface area contributed by atoms with Crippen LogP contribution in [0.5, 0.6) is 11.5 Å². The van der Waals surface area contributed by atoms with Gasteiger partial charge in [0, 0.05) is 12.0 Å². The summed E-state index contributed by atoms with van der Waals surface area (Å²) in [4.78, 5) is 12.3. The molecular weight excluding hydrogens is 286 g/mol. The van der Waals surface area contributed by atoms with E-state index in [1.54, 1.807) is 18.2 Å². The first kappa shape index (κ1) is 14.9. The molecule has 3 aromatic rings. The first-order valence-corrected chi connectivity index (χ1v) is 7.42. The molecule has 0 spiro atoms. The van der Waals surface area contributed by atoms with Gasteiger partial charge in [0.2, 0.25) is 0 Å². The first-order valence-electron chi connectivity index (χ1n) is 7.42. The van der Waals surface area contributed by atoms with Gasteiger partial charge in [0.05, 0.1) is 5.69 Å². The predicted molar refractivity (Wildman–Crippen MR) is 91.8 cm³/mol. The van der Waals surface area contributed by atoms with Crippen LogP contribution in [0.2, 0.25) is 0 Å². The van der Waals surface area contributed by atoms with Crippen molar-refractivity contribution in [2.45, 2.75) is 6.42 Å². The van der Waals surface area contributed by atoms with Crippen LogP contribution in [0.3, 0.4) is 0 Å². The van der Waals surface area contributed by atoms with Crippen molar-refractivity contribution in [2.24, 2.45) is 0 Å². The van der Waals surface area contributed by atoms with Crippen LogP contribution in [-0.2, 0) is 6.42 Å². The van der Waals surface area contributed by atoms with Crippen molar-refractivity contribution in [3.8, 4) is 11.5 Å². The van der Waals surface area contributed by atoms with E-state index in [0.29, 0.717) is 29.2 Å². The fourth-order valence-corrected chi connectivity index (χ4v) is 2.31. The fourth-order valence-electron chi connectivity index (χ4n) is 2.31. The maximum atomic E-state index is 12.3. The van der Waals surface area contributed by atoms with E-state index in [1.165, 1.54) is 0 Å². The van der Waals surface area contributed by atoms with Crippen LogP contribution in [0, 0.1) is 0 Å². The molecular formula is C20H17NO2. The maximum absolute atomic E-state index is 12.3. The largest absolute Gasteiger partial charge is 0.455 e. The van der Waals surface area contributed by atoms with Crippen molar-refractivity contribution in [3.05, 3.63) is 90.0 Å². The average Bonchev–Trinajstić information content (AvgIpc) is 2.58. The predicted octanol–water partition coefficient (Wildman–Crippen LogP) is 4.49. The highest BCUT2D eigenvalue weighted by Gasteiger charge is 2.10. The number of para-hydroxylation sites is 1. The molecule has 3 heteroatoms. The number of benzene rings is 3. The Kier molecular flexibility index (Phi) is 4.39. The second-order valence-corrected chi connectivity index (χ2v) is 5.25. The molecule has 0 aromatic heterocycles. The summed E-state index contributed by atoms with van der Waals surface area (Å²) in [7, 11) is 0. The van der Waals surface area contributed by atoms with Crippen molar-refractivity contribution in [2.75, 3.05) is 5.73 Å². The number of carbonyl (C=O) groups excluding carboxylic acids is 1. The summed E-state index contributed by atoms with van der Waals surface area (Å²) in [5.74, 6) is 1.30. The zero-order chi connectivity index (χ0) is 16.1. The zero-order valence-electron chi connectivity index (χ0n) is 12.6. The summed E-state index contributed by atoms with van der Waals surface area (Å²) in [6.45, 7) is 0. The maximum Gasteiger partial charge on any atom is 0.167 e. The number of hydrogen-bond donors (Lipinski definition) is 1. The molecule has 0 saturated heterocycles. The van der Waals surface area contributed by atoms with Gasteiger partial charge >= 0.3 is 0 Å². The van der Waals surface area contributed by atoms with Gasteiger partial charge in [-0.2, -0.15) is 0 Å². The summed E-state index contributed by atoms with van der Waals surface area (Å²) < 4.78 is 5.73. The number of nitrogen functional groups attached to an aromatic ring is 1. The molecule has 0 saturated carbocycles. The minimum absolute atomic E-state index is 0.0363. The lowest BCUT2D eigenvalue weighted by Gasteiger charge is -2.10. The van der Waals surface area contributed by atoms with Gasteiger partial charge in [0.15, 0.2) is 5.78 Å². The molecule has 114 valence electrons. The molecule has 3 rings (SSSR count). The number of hydrogen-bond acceptors (Lipinski definition) is 3. The Hall–Kier alpha value is -3.07. The highest BCUT2D eigenvalue weighted by atomic mass is 16.5. The van der Waals surface area contributed by atoms with E-state index in [4.69, 9.17) is 10.5 Å². The number of carbonyl (C=O) groups is 1. The second kappa shape index (κ2) is 6.79. The molecule has 0 amide bonds. The number of nitrogens with two attached hydrogens (primary N) is 1. The SMILES string of the molecule is Nc1cc(C(=O)Cc2ccccc2)ccc1Oc1ccccc1. The molecule has 0 heterocycles. The molecule has 0 aliphatic rings. The molecule has 3 aromatic carbocycles. The third kappa shape index (κ3) is 3.77. The van der Waals surface area contributed by atoms with Crippen molar-refractivity contribution in [1.82, 2.24) is 0 Å². The molecule has 3 nitrogen and oxygen atoms in total. The van der Waals surface area contributed by atoms with E-state index in [1.807, 2.05) is 60.7 Å². The molecule has 0 radical (unpaired) electrons. The lowest BCUT2D eigenvalue weighted by molar-refractivity contribution is 0.0993. The highest BCUT2D eigenvalue weighted by Crippen LogP contribution is 2.28. The number of Topliss-reactive ketones (excluding diaryl/α,β-unsaturated/α-hetero) is 1. The van der Waals surface area contributed by atoms with Crippen molar-refractivity contribution in [3.63, 3.8) is 0 Å². The summed E-state index contributed by atoms with van der Waals surface area (Å²) in [6.07, 6.45) is 0.360. The van der Waals surface area contributed by atoms with Gasteiger partial charge in [-0.1, -0.05) is 48.5 Å². The van der Waals surface area contributed by atoms with Gasteiger partial charge in [0.1, 0.15) is 11.5 Å². The fraction of sp³-hybridized carbons (Fsp3) is 0.0500. The third-order valence-electron chi connectivity index (χ3n) is 3.51. The zero-order valence-corrected chi connectivity index (χ0v) is 12.6. The van der Waals surface area contributed by atoms with E-state index in [2.05, 4.69) is 0 Å². The Morgan fingerprint density at radius 1 is 0.870 bits per heavy atom. The van der Waals surface area contributed by atoms with E-state index in [0.717, 1.165) is 5.56 Å². The van der Waals surface area contributed by atoms with E-state index < -0.39 is 0 Å². The van der Waals surface area contributed by atoms with Gasteiger partial charge in [-0.15, -0.1) is 0 Å². The highest BCUT2D eigenvalue weighted by molar-refractivity contribution is 5.98. The standard InChI is InChI=1S/C20H17NO2/c21-18-14-16(19(22)13-15-7-3-1-4-8-15)11-12-20(18)23-17-9-5-2-6-10-17/h1-12,14H,13,21H2. The van der Waals surface area contributed by atoms with Crippen LogP contribution < -0.4 is 10.5 Å². The molecule has 0 bridgehead atoms. The summed E-state index contributed by atoms with van der Waals surface area (Å²) in [5.41, 5.74) is 8.05. The monoisotopic (exact) mass is 303 g/mol. The molecule has 0 atom stereocenters. The molecule has 2 N–H and O–H groups in total. The quantitative estimate of drug-likeness (QED) is 0.558. The van der Waals surface area contributed by atoms with Crippen LogP contribution in [-0.4, -0.2) is 5.78 Å². The minimum atomic E-state index is 0.0363. The molecule has 0 aliphatic carbocycles. The summed E-state index contributed by atoms with van der Waals surface area (Å²) in [6, 6.07) is 24.2. The number of ether oxygens (including phenoxy) is 1. The van der Waals surface area contributed by atoms with Crippen molar-refractivity contribution in [1.29, 1.82) is 0 Å². The second-order valence-electron chi connectivity index (χ2n) is 5.25. The van der Waals surface area contributed by atoms with Gasteiger partial charge in [-0.25, -0.2) is 0 Å². The van der Waals surface area contributed by atoms with Gasteiger partial charge in [-0.05, 0) is 35.9 Å². The topological polar surface area (TPSA) is 52.3 Å². The van der Waals surface area contributed by atoms with Gasteiger partial charge in [-0.3, -0.25) is 4.79 Å². The minimum Gasteiger partial charge on any atom is -0.455 e. The first-order chi connectivity index (χ1) is 11.2. The Morgan fingerprint density at radius 2 is 1.52 bits per heavy atom. The Morgan fingerprint density at radius 3 is 2.17 bits per heavy atom.